The Hall–Kier alpha value is -0.917. The standard InChI is InChI=1S/2C5H10N2O2.2ClH.Rh/c2*1-4(6-8)3-5(2)7-9;;;/h2*8-9H,3H2,1-2H3;2*1H;/q;;;;+2/p-6. The number of nitrogens with zero attached hydrogens (tertiary/aromatic N) is 4. The molecule has 0 N–H and O–H groups in total. The first-order valence-electron chi connectivity index (χ1n) is 5.29. The third kappa shape index (κ3) is 24.5. The van der Waals surface area contributed by atoms with Gasteiger partial charge in [0.25, 0.3) is 0 Å². The van der Waals surface area contributed by atoms with Crippen LogP contribution in [0.15, 0.2) is 20.6 Å². The van der Waals surface area contributed by atoms with E-state index in [0.717, 1.165) is 0 Å². The number of halogens is 2. The molecule has 11 heteroatoms. The van der Waals surface area contributed by atoms with E-state index in [-0.39, 0.29) is 28.0 Å². The van der Waals surface area contributed by atoms with Gasteiger partial charge in [0.1, 0.15) is 0 Å². The zero-order valence-corrected chi connectivity index (χ0v) is 15.1. The van der Waals surface area contributed by atoms with Crippen LogP contribution in [0.2, 0.25) is 0 Å². The Morgan fingerprint density at radius 1 is 0.667 bits per heavy atom. The van der Waals surface area contributed by atoms with Gasteiger partial charge >= 0.3 is 34.5 Å². The van der Waals surface area contributed by atoms with Gasteiger partial charge in [-0.05, 0) is 27.7 Å². The fourth-order valence-electron chi connectivity index (χ4n) is 0.870. The fourth-order valence-corrected chi connectivity index (χ4v) is 0.870. The number of hydrogen-bond acceptors (Lipinski definition) is 8. The van der Waals surface area contributed by atoms with E-state index in [1.807, 2.05) is 0 Å². The van der Waals surface area contributed by atoms with Gasteiger partial charge in [-0.1, -0.05) is 0 Å². The Labute approximate surface area is 139 Å². The Kier molecular flexibility index (Phi) is 22.8. The van der Waals surface area contributed by atoms with E-state index < -0.39 is 0 Å². The Morgan fingerprint density at radius 3 is 0.905 bits per heavy atom. The Bertz CT molecular complexity index is 310. The zero-order valence-electron chi connectivity index (χ0n) is 11.9. The normalized spacial score (nSPS) is 13.0. The van der Waals surface area contributed by atoms with Gasteiger partial charge in [-0.2, -0.15) is 0 Å². The average Bonchev–Trinajstić information content (AvgIpc) is 2.47. The molecule has 0 aliphatic carbocycles. The van der Waals surface area contributed by atoms with E-state index in [9.17, 15) is 20.8 Å². The van der Waals surface area contributed by atoms with Gasteiger partial charge < -0.3 is 41.5 Å². The summed E-state index contributed by atoms with van der Waals surface area (Å²) in [5.74, 6) is 0. The summed E-state index contributed by atoms with van der Waals surface area (Å²) in [6, 6.07) is 0. The van der Waals surface area contributed by atoms with E-state index >= 15 is 0 Å². The van der Waals surface area contributed by atoms with Gasteiger partial charge in [0.05, 0.1) is 0 Å². The van der Waals surface area contributed by atoms with Crippen LogP contribution < -0.4 is 0 Å². The van der Waals surface area contributed by atoms with Crippen LogP contribution in [0, 0.1) is 20.8 Å². The van der Waals surface area contributed by atoms with Crippen LogP contribution in [0.3, 0.4) is 0 Å². The molecule has 0 aromatic heterocycles. The molecule has 0 rings (SSSR count). The molecule has 21 heavy (non-hydrogen) atoms. The molecule has 0 aromatic carbocycles. The second-order valence-electron chi connectivity index (χ2n) is 3.71. The third-order valence-electron chi connectivity index (χ3n) is 1.65. The summed E-state index contributed by atoms with van der Waals surface area (Å²) >= 11 is -0.226. The van der Waals surface area contributed by atoms with E-state index in [2.05, 4.69) is 20.6 Å². The molecule has 0 heterocycles. The molecular formula is C10H16Cl2N4O4Rh-4. The van der Waals surface area contributed by atoms with Gasteiger partial charge in [-0.3, -0.25) is 0 Å². The third-order valence-corrected chi connectivity index (χ3v) is 1.65. The van der Waals surface area contributed by atoms with Crippen LogP contribution >= 0.6 is 19.4 Å². The number of rotatable bonds is 4. The van der Waals surface area contributed by atoms with Crippen molar-refractivity contribution in [2.24, 2.45) is 20.6 Å². The minimum atomic E-state index is -0.226. The second-order valence-corrected chi connectivity index (χ2v) is 6.20. The first-order valence-corrected chi connectivity index (χ1v) is 9.51. The monoisotopic (exact) mass is 429 g/mol. The van der Waals surface area contributed by atoms with Crippen molar-refractivity contribution in [2.45, 2.75) is 40.5 Å². The quantitative estimate of drug-likeness (QED) is 0.378. The molecule has 0 atom stereocenters. The maximum atomic E-state index is 9.71. The summed E-state index contributed by atoms with van der Waals surface area (Å²) < 4.78 is 0. The van der Waals surface area contributed by atoms with Crippen molar-refractivity contribution >= 4 is 42.2 Å². The van der Waals surface area contributed by atoms with Crippen LogP contribution in [-0.4, -0.2) is 22.8 Å². The first-order chi connectivity index (χ1) is 9.82. The van der Waals surface area contributed by atoms with Crippen molar-refractivity contribution < 1.29 is 15.1 Å². The molecule has 0 fully saturated rings. The van der Waals surface area contributed by atoms with Gasteiger partial charge in [0.2, 0.25) is 0 Å². The van der Waals surface area contributed by atoms with Crippen LogP contribution in [0.1, 0.15) is 40.5 Å². The predicted molar refractivity (Wildman–Crippen MR) is 86.8 cm³/mol. The van der Waals surface area contributed by atoms with Crippen molar-refractivity contribution in [3.05, 3.63) is 20.8 Å². The minimum absolute atomic E-state index is 0.226. The molecule has 0 saturated carbocycles. The molecule has 0 aromatic rings. The van der Waals surface area contributed by atoms with Crippen molar-refractivity contribution in [1.82, 2.24) is 0 Å². The fraction of sp³-hybridized carbons (Fsp3) is 0.600. The van der Waals surface area contributed by atoms with E-state index in [1.54, 1.807) is 27.7 Å². The Morgan fingerprint density at radius 2 is 0.810 bits per heavy atom. The summed E-state index contributed by atoms with van der Waals surface area (Å²) in [4.78, 5) is 0. The average molecular weight is 430 g/mol. The van der Waals surface area contributed by atoms with Gasteiger partial charge in [0.15, 0.2) is 0 Å². The predicted octanol–water partition coefficient (Wildman–Crippen LogP) is 3.96. The summed E-state index contributed by atoms with van der Waals surface area (Å²) in [5.41, 5.74) is 1.53. The van der Waals surface area contributed by atoms with E-state index in [0.29, 0.717) is 22.8 Å². The molecule has 0 radical (unpaired) electrons. The second kappa shape index (κ2) is 19.1. The summed E-state index contributed by atoms with van der Waals surface area (Å²) in [7, 11) is 9.67. The number of hydrogen-bond donors (Lipinski definition) is 0. The summed E-state index contributed by atoms with van der Waals surface area (Å²) in [6.07, 6.45) is 0.569. The van der Waals surface area contributed by atoms with E-state index in [1.165, 1.54) is 0 Å². The van der Waals surface area contributed by atoms with Crippen molar-refractivity contribution in [3.63, 3.8) is 0 Å². The summed E-state index contributed by atoms with van der Waals surface area (Å²) in [5, 5.41) is 49.3. The zero-order chi connectivity index (χ0) is 17.3. The molecule has 0 aliphatic heterocycles. The molecule has 127 valence electrons. The topological polar surface area (TPSA) is 142 Å². The maximum absolute atomic E-state index is 9.71. The summed E-state index contributed by atoms with van der Waals surface area (Å²) in [6.45, 7) is 6.23. The molecule has 0 aliphatic rings. The van der Waals surface area contributed by atoms with Gasteiger partial charge in [-0.15, -0.1) is 0 Å². The molecule has 0 spiro atoms. The SMILES string of the molecule is CC(CC(C)=N[O-])=N[O-].CC(CC(C)=N[O-])=N[O-].[Cl][Rh][Cl]. The molecule has 8 nitrogen and oxygen atoms in total. The van der Waals surface area contributed by atoms with Crippen LogP contribution in [0.4, 0.5) is 0 Å². The molecule has 0 saturated heterocycles. The van der Waals surface area contributed by atoms with Crippen LogP contribution in [-0.2, 0) is 15.1 Å². The van der Waals surface area contributed by atoms with Crippen LogP contribution in [0.25, 0.3) is 0 Å². The van der Waals surface area contributed by atoms with Crippen LogP contribution in [0.5, 0.6) is 0 Å². The molecule has 0 unspecified atom stereocenters. The molecular weight excluding hydrogens is 414 g/mol. The van der Waals surface area contributed by atoms with Crippen molar-refractivity contribution in [1.29, 1.82) is 0 Å². The van der Waals surface area contributed by atoms with Crippen molar-refractivity contribution in [2.75, 3.05) is 0 Å². The van der Waals surface area contributed by atoms with Gasteiger partial charge in [0, 0.05) is 35.7 Å². The van der Waals surface area contributed by atoms with E-state index in [4.69, 9.17) is 19.4 Å². The Balaban J connectivity index is -0.000000260. The molecule has 0 bridgehead atoms. The molecule has 0 amide bonds. The first kappa shape index (κ1) is 25.1. The van der Waals surface area contributed by atoms with Crippen molar-refractivity contribution in [3.8, 4) is 0 Å². The van der Waals surface area contributed by atoms with Gasteiger partial charge in [-0.25, -0.2) is 0 Å².